The number of amides is 2. The van der Waals surface area contributed by atoms with Crippen molar-refractivity contribution in [2.45, 2.75) is 46.6 Å². The minimum absolute atomic E-state index is 0.00704. The molecule has 1 heterocycles. The lowest BCUT2D eigenvalue weighted by atomic mass is 10.1. The fourth-order valence-corrected chi connectivity index (χ4v) is 2.85. The van der Waals surface area contributed by atoms with E-state index in [0.29, 0.717) is 25.4 Å². The van der Waals surface area contributed by atoms with E-state index >= 15 is 0 Å². The van der Waals surface area contributed by atoms with Gasteiger partial charge in [0.15, 0.2) is 0 Å². The Morgan fingerprint density at radius 1 is 1.23 bits per heavy atom. The van der Waals surface area contributed by atoms with Crippen molar-refractivity contribution < 1.29 is 9.59 Å². The molecule has 1 aromatic carbocycles. The van der Waals surface area contributed by atoms with Crippen LogP contribution in [0.15, 0.2) is 24.3 Å². The first-order valence-corrected chi connectivity index (χ1v) is 8.13. The molecule has 2 rings (SSSR count). The van der Waals surface area contributed by atoms with E-state index < -0.39 is 0 Å². The van der Waals surface area contributed by atoms with E-state index in [1.54, 1.807) is 9.80 Å². The van der Waals surface area contributed by atoms with Crippen LogP contribution in [0.25, 0.3) is 0 Å². The van der Waals surface area contributed by atoms with Crippen molar-refractivity contribution in [3.05, 3.63) is 29.8 Å². The highest BCUT2D eigenvalue weighted by Gasteiger charge is 2.34. The summed E-state index contributed by atoms with van der Waals surface area (Å²) in [4.78, 5) is 28.4. The molecule has 0 saturated carbocycles. The molecule has 0 aromatic heterocycles. The lowest BCUT2D eigenvalue weighted by molar-refractivity contribution is -0.141. The molecule has 0 aliphatic carbocycles. The van der Waals surface area contributed by atoms with Crippen LogP contribution in [-0.2, 0) is 16.0 Å². The van der Waals surface area contributed by atoms with Crippen molar-refractivity contribution in [1.82, 2.24) is 4.90 Å². The van der Waals surface area contributed by atoms with E-state index in [9.17, 15) is 9.59 Å². The number of hydrogen-bond donors (Lipinski definition) is 0. The minimum atomic E-state index is -0.383. The number of piperazine rings is 1. The Morgan fingerprint density at radius 2 is 1.86 bits per heavy atom. The van der Waals surface area contributed by atoms with Crippen molar-refractivity contribution in [3.8, 4) is 0 Å². The summed E-state index contributed by atoms with van der Waals surface area (Å²) in [5.74, 6) is 0.402. The third kappa shape index (κ3) is 3.49. The van der Waals surface area contributed by atoms with Gasteiger partial charge in [0.05, 0.1) is 0 Å². The molecule has 1 saturated heterocycles. The van der Waals surface area contributed by atoms with Crippen molar-refractivity contribution >= 4 is 17.5 Å². The Kier molecular flexibility index (Phi) is 5.22. The first-order chi connectivity index (χ1) is 10.4. The predicted molar refractivity (Wildman–Crippen MR) is 88.8 cm³/mol. The first-order valence-electron chi connectivity index (χ1n) is 8.13. The minimum Gasteiger partial charge on any atom is -0.329 e. The molecule has 0 radical (unpaired) electrons. The smallest absolute Gasteiger partial charge is 0.249 e. The number of anilines is 1. The van der Waals surface area contributed by atoms with Crippen LogP contribution in [0.5, 0.6) is 0 Å². The Balaban J connectivity index is 2.09. The molecule has 4 nitrogen and oxygen atoms in total. The summed E-state index contributed by atoms with van der Waals surface area (Å²) >= 11 is 0. The van der Waals surface area contributed by atoms with Gasteiger partial charge in [-0.1, -0.05) is 32.9 Å². The monoisotopic (exact) mass is 302 g/mol. The zero-order chi connectivity index (χ0) is 16.3. The summed E-state index contributed by atoms with van der Waals surface area (Å²) in [6, 6.07) is 7.72. The molecular formula is C18H26N2O2. The van der Waals surface area contributed by atoms with Gasteiger partial charge in [-0.25, -0.2) is 0 Å². The molecule has 1 aliphatic heterocycles. The van der Waals surface area contributed by atoms with Gasteiger partial charge in [0, 0.05) is 25.2 Å². The molecule has 0 N–H and O–H groups in total. The van der Waals surface area contributed by atoms with Gasteiger partial charge in [-0.2, -0.15) is 0 Å². The molecule has 0 bridgehead atoms. The summed E-state index contributed by atoms with van der Waals surface area (Å²) in [5, 5.41) is 0. The van der Waals surface area contributed by atoms with E-state index in [-0.39, 0.29) is 17.9 Å². The molecule has 0 unspecified atom stereocenters. The highest BCUT2D eigenvalue weighted by atomic mass is 16.2. The Bertz CT molecular complexity index is 537. The lowest BCUT2D eigenvalue weighted by Gasteiger charge is -2.39. The molecular weight excluding hydrogens is 276 g/mol. The van der Waals surface area contributed by atoms with Crippen molar-refractivity contribution in [1.29, 1.82) is 0 Å². The number of nitrogens with zero attached hydrogens (tertiary/aromatic N) is 2. The third-order valence-corrected chi connectivity index (χ3v) is 4.21. The maximum Gasteiger partial charge on any atom is 0.249 e. The van der Waals surface area contributed by atoms with Gasteiger partial charge < -0.3 is 9.80 Å². The topological polar surface area (TPSA) is 40.6 Å². The number of benzene rings is 1. The maximum absolute atomic E-state index is 12.6. The van der Waals surface area contributed by atoms with Crippen LogP contribution in [0.4, 0.5) is 5.69 Å². The van der Waals surface area contributed by atoms with Crippen LogP contribution >= 0.6 is 0 Å². The number of rotatable bonds is 4. The molecule has 2 amide bonds. The molecule has 4 heteroatoms. The van der Waals surface area contributed by atoms with Crippen LogP contribution in [0.3, 0.4) is 0 Å². The molecule has 22 heavy (non-hydrogen) atoms. The molecule has 1 aliphatic rings. The van der Waals surface area contributed by atoms with Gasteiger partial charge in [-0.3, -0.25) is 9.59 Å². The second kappa shape index (κ2) is 6.95. The standard InChI is InChI=1S/C18H26N2O2/c1-5-15-6-8-16(9-7-15)20-11-10-19(14(4)18(20)22)17(21)12-13(2)3/h6-9,13-14H,5,10-12H2,1-4H3/t14-/m1/s1. The van der Waals surface area contributed by atoms with E-state index in [1.165, 1.54) is 5.56 Å². The van der Waals surface area contributed by atoms with Gasteiger partial charge in [-0.05, 0) is 37.0 Å². The number of carbonyl (C=O) groups excluding carboxylic acids is 2. The zero-order valence-electron chi connectivity index (χ0n) is 14.0. The Labute approximate surface area is 133 Å². The van der Waals surface area contributed by atoms with Gasteiger partial charge in [0.25, 0.3) is 0 Å². The average Bonchev–Trinajstić information content (AvgIpc) is 2.49. The largest absolute Gasteiger partial charge is 0.329 e. The van der Waals surface area contributed by atoms with E-state index in [4.69, 9.17) is 0 Å². The zero-order valence-corrected chi connectivity index (χ0v) is 14.0. The van der Waals surface area contributed by atoms with Gasteiger partial charge in [-0.15, -0.1) is 0 Å². The van der Waals surface area contributed by atoms with Crippen molar-refractivity contribution in [3.63, 3.8) is 0 Å². The summed E-state index contributed by atoms with van der Waals surface area (Å²) in [7, 11) is 0. The maximum atomic E-state index is 12.6. The highest BCUT2D eigenvalue weighted by molar-refractivity contribution is 6.00. The SMILES string of the molecule is CCc1ccc(N2CCN(C(=O)CC(C)C)[C@H](C)C2=O)cc1. The van der Waals surface area contributed by atoms with E-state index in [1.807, 2.05) is 32.9 Å². The van der Waals surface area contributed by atoms with Gasteiger partial charge in [0.2, 0.25) is 11.8 Å². The number of aryl methyl sites for hydroxylation is 1. The molecule has 0 spiro atoms. The van der Waals surface area contributed by atoms with Crippen LogP contribution in [-0.4, -0.2) is 35.8 Å². The summed E-state index contributed by atoms with van der Waals surface area (Å²) in [6.45, 7) is 9.16. The van der Waals surface area contributed by atoms with E-state index in [2.05, 4.69) is 19.1 Å². The quantitative estimate of drug-likeness (QED) is 0.858. The summed E-state index contributed by atoms with van der Waals surface area (Å²) in [6.07, 6.45) is 1.49. The molecule has 120 valence electrons. The second-order valence-electron chi connectivity index (χ2n) is 6.37. The summed E-state index contributed by atoms with van der Waals surface area (Å²) in [5.41, 5.74) is 2.18. The lowest BCUT2D eigenvalue weighted by Crippen LogP contribution is -2.57. The van der Waals surface area contributed by atoms with Crippen molar-refractivity contribution in [2.75, 3.05) is 18.0 Å². The fraction of sp³-hybridized carbons (Fsp3) is 0.556. The van der Waals surface area contributed by atoms with Crippen LogP contribution in [0, 0.1) is 5.92 Å². The van der Waals surface area contributed by atoms with Gasteiger partial charge >= 0.3 is 0 Å². The summed E-state index contributed by atoms with van der Waals surface area (Å²) < 4.78 is 0. The van der Waals surface area contributed by atoms with E-state index in [0.717, 1.165) is 12.1 Å². The highest BCUT2D eigenvalue weighted by Crippen LogP contribution is 2.22. The Morgan fingerprint density at radius 3 is 2.41 bits per heavy atom. The third-order valence-electron chi connectivity index (χ3n) is 4.21. The normalized spacial score (nSPS) is 19.0. The van der Waals surface area contributed by atoms with Crippen LogP contribution in [0.1, 0.15) is 39.7 Å². The second-order valence-corrected chi connectivity index (χ2v) is 6.37. The Hall–Kier alpha value is -1.84. The average molecular weight is 302 g/mol. The molecule has 1 fully saturated rings. The number of hydrogen-bond acceptors (Lipinski definition) is 2. The number of carbonyl (C=O) groups is 2. The fourth-order valence-electron chi connectivity index (χ4n) is 2.85. The van der Waals surface area contributed by atoms with Gasteiger partial charge in [0.1, 0.15) is 6.04 Å². The molecule has 1 aromatic rings. The van der Waals surface area contributed by atoms with Crippen molar-refractivity contribution in [2.24, 2.45) is 5.92 Å². The molecule has 1 atom stereocenters. The predicted octanol–water partition coefficient (Wildman–Crippen LogP) is 2.86. The van der Waals surface area contributed by atoms with Crippen LogP contribution in [0.2, 0.25) is 0 Å². The van der Waals surface area contributed by atoms with Crippen LogP contribution < -0.4 is 4.90 Å². The first kappa shape index (κ1) is 16.5.